The average molecular weight is 747 g/mol. The first-order valence-corrected chi connectivity index (χ1v) is 20.4. The molecule has 0 saturated heterocycles. The first kappa shape index (κ1) is 30.2. The molecule has 9 aromatic carbocycles. The van der Waals surface area contributed by atoms with Crippen LogP contribution < -0.4 is 0 Å². The van der Waals surface area contributed by atoms with Gasteiger partial charge in [0.1, 0.15) is 5.65 Å². The van der Waals surface area contributed by atoms with Crippen molar-refractivity contribution in [3.8, 4) is 16.8 Å². The van der Waals surface area contributed by atoms with E-state index in [1.807, 2.05) is 0 Å². The highest BCUT2D eigenvalue weighted by Gasteiger charge is 2.27. The van der Waals surface area contributed by atoms with Gasteiger partial charge in [-0.05, 0) is 69.6 Å². The summed E-state index contributed by atoms with van der Waals surface area (Å²) in [7, 11) is 0. The molecular formula is C55H30N4. The van der Waals surface area contributed by atoms with Crippen molar-refractivity contribution in [2.45, 2.75) is 0 Å². The van der Waals surface area contributed by atoms with Gasteiger partial charge in [0, 0.05) is 65.1 Å². The van der Waals surface area contributed by atoms with E-state index in [0.29, 0.717) is 0 Å². The van der Waals surface area contributed by atoms with Gasteiger partial charge in [-0.2, -0.15) is 0 Å². The molecule has 0 spiro atoms. The molecule has 0 N–H and O–H groups in total. The van der Waals surface area contributed by atoms with Crippen molar-refractivity contribution in [3.05, 3.63) is 182 Å². The second-order valence-corrected chi connectivity index (χ2v) is 16.3. The van der Waals surface area contributed by atoms with Crippen LogP contribution in [-0.4, -0.2) is 18.4 Å². The Bertz CT molecular complexity index is 4300. The smallest absolute Gasteiger partial charge is 0.146 e. The van der Waals surface area contributed by atoms with E-state index in [9.17, 15) is 0 Å². The van der Waals surface area contributed by atoms with Crippen LogP contribution in [0.3, 0.4) is 0 Å². The molecule has 0 saturated carbocycles. The third-order valence-electron chi connectivity index (χ3n) is 13.5. The Kier molecular flexibility index (Phi) is 5.38. The number of rotatable bonds is 2. The number of para-hydroxylation sites is 4. The molecule has 0 atom stereocenters. The summed E-state index contributed by atoms with van der Waals surface area (Å²) in [4.78, 5) is 5.44. The Labute approximate surface area is 335 Å². The lowest BCUT2D eigenvalue weighted by atomic mass is 9.93. The third kappa shape index (κ3) is 3.56. The quantitative estimate of drug-likeness (QED) is 0.173. The highest BCUT2D eigenvalue weighted by Crippen LogP contribution is 2.50. The molecule has 15 aromatic rings. The Balaban J connectivity index is 1.11. The second kappa shape index (κ2) is 10.5. The highest BCUT2D eigenvalue weighted by atomic mass is 15.0. The molecule has 4 nitrogen and oxygen atoms in total. The van der Waals surface area contributed by atoms with E-state index >= 15 is 0 Å². The lowest BCUT2D eigenvalue weighted by molar-refractivity contribution is 1.18. The summed E-state index contributed by atoms with van der Waals surface area (Å²) in [5.74, 6) is 0. The van der Waals surface area contributed by atoms with Crippen molar-refractivity contribution in [2.24, 2.45) is 0 Å². The fraction of sp³-hybridized carbons (Fsp3) is 0. The number of fused-ring (bicyclic) bond motifs is 19. The number of benzene rings is 9. The van der Waals surface area contributed by atoms with Gasteiger partial charge in [0.15, 0.2) is 0 Å². The zero-order chi connectivity index (χ0) is 38.1. The number of nitrogens with zero attached hydrogens (tertiary/aromatic N) is 4. The SMILES string of the molecule is c1ccc(-n2c3ccccc3c3cc(-c4c5ccccc5cc5c6cccc7c8c9c%10cccc%11c%12c%13ccccc%13ccc%12n(c9ncc8n(c45)c67)c%11%10)ccc32)cc1. The summed E-state index contributed by atoms with van der Waals surface area (Å²) < 4.78 is 7.37. The molecule has 0 bridgehead atoms. The van der Waals surface area contributed by atoms with E-state index in [-0.39, 0.29) is 0 Å². The molecular weight excluding hydrogens is 717 g/mol. The minimum atomic E-state index is 1.01. The maximum atomic E-state index is 5.44. The van der Waals surface area contributed by atoms with Crippen LogP contribution >= 0.6 is 0 Å². The van der Waals surface area contributed by atoms with Crippen LogP contribution in [0, 0.1) is 0 Å². The first-order chi connectivity index (χ1) is 29.3. The van der Waals surface area contributed by atoms with Crippen molar-refractivity contribution in [1.82, 2.24) is 18.4 Å². The van der Waals surface area contributed by atoms with Crippen LogP contribution in [0.4, 0.5) is 0 Å². The van der Waals surface area contributed by atoms with Gasteiger partial charge in [0.2, 0.25) is 0 Å². The fourth-order valence-electron chi connectivity index (χ4n) is 11.2. The standard InChI is InChI=1S/C55H30N4/c1-2-14-34(15-3-1)57-44-23-9-8-18-37(44)42-29-33(25-26-45(42)57)48-36-17-7-5-13-32(36)28-43-38-19-10-21-40-50-47(58(52(38)40)54(43)48)30-56-55-51(50)41-22-11-20-39-49-35-16-6-4-12-31(35)24-27-46(49)59(55)53(39)41/h1-30H. The van der Waals surface area contributed by atoms with Gasteiger partial charge >= 0.3 is 0 Å². The minimum absolute atomic E-state index is 1.01. The number of hydrogen-bond donors (Lipinski definition) is 0. The van der Waals surface area contributed by atoms with E-state index in [1.165, 1.54) is 120 Å². The molecule has 6 aromatic heterocycles. The lowest BCUT2D eigenvalue weighted by Gasteiger charge is -2.12. The van der Waals surface area contributed by atoms with Gasteiger partial charge in [-0.1, -0.05) is 133 Å². The fourth-order valence-corrected chi connectivity index (χ4v) is 11.2. The Morgan fingerprint density at radius 3 is 1.85 bits per heavy atom. The molecule has 0 fully saturated rings. The highest BCUT2D eigenvalue weighted by molar-refractivity contribution is 6.37. The number of hydrogen-bond acceptors (Lipinski definition) is 1. The Hall–Kier alpha value is -7.95. The summed E-state index contributed by atoms with van der Waals surface area (Å²) in [6.07, 6.45) is 2.15. The van der Waals surface area contributed by atoms with E-state index in [1.54, 1.807) is 0 Å². The Morgan fingerprint density at radius 1 is 0.339 bits per heavy atom. The van der Waals surface area contributed by atoms with Crippen molar-refractivity contribution in [1.29, 1.82) is 0 Å². The van der Waals surface area contributed by atoms with Crippen LogP contribution in [0.2, 0.25) is 0 Å². The second-order valence-electron chi connectivity index (χ2n) is 16.3. The van der Waals surface area contributed by atoms with Crippen molar-refractivity contribution >= 4 is 120 Å². The van der Waals surface area contributed by atoms with Crippen LogP contribution in [0.1, 0.15) is 0 Å². The zero-order valence-corrected chi connectivity index (χ0v) is 31.6. The van der Waals surface area contributed by atoms with Crippen molar-refractivity contribution in [3.63, 3.8) is 0 Å². The minimum Gasteiger partial charge on any atom is -0.309 e. The summed E-state index contributed by atoms with van der Waals surface area (Å²) in [6.45, 7) is 0. The van der Waals surface area contributed by atoms with Crippen LogP contribution in [0.25, 0.3) is 136 Å². The topological polar surface area (TPSA) is 26.6 Å². The normalized spacial score (nSPS) is 12.7. The van der Waals surface area contributed by atoms with Gasteiger partial charge in [0.05, 0.1) is 44.8 Å². The molecule has 0 aliphatic rings. The molecule has 4 heteroatoms. The van der Waals surface area contributed by atoms with Crippen molar-refractivity contribution < 1.29 is 0 Å². The van der Waals surface area contributed by atoms with Crippen LogP contribution in [0.15, 0.2) is 182 Å². The summed E-state index contributed by atoms with van der Waals surface area (Å²) in [5, 5.41) is 17.6. The Morgan fingerprint density at radius 2 is 0.983 bits per heavy atom. The average Bonchev–Trinajstić information content (AvgIpc) is 4.09. The lowest BCUT2D eigenvalue weighted by Crippen LogP contribution is -1.93. The first-order valence-electron chi connectivity index (χ1n) is 20.4. The van der Waals surface area contributed by atoms with E-state index < -0.39 is 0 Å². The van der Waals surface area contributed by atoms with E-state index in [2.05, 4.69) is 195 Å². The molecule has 59 heavy (non-hydrogen) atoms. The maximum Gasteiger partial charge on any atom is 0.146 e. The predicted octanol–water partition coefficient (Wildman–Crippen LogP) is 14.5. The van der Waals surface area contributed by atoms with Gasteiger partial charge < -0.3 is 8.97 Å². The number of pyridine rings is 1. The molecule has 270 valence electrons. The van der Waals surface area contributed by atoms with Crippen molar-refractivity contribution in [2.75, 3.05) is 0 Å². The zero-order valence-electron chi connectivity index (χ0n) is 31.6. The molecule has 0 aliphatic carbocycles. The molecule has 15 rings (SSSR count). The molecule has 0 amide bonds. The van der Waals surface area contributed by atoms with Crippen LogP contribution in [-0.2, 0) is 0 Å². The van der Waals surface area contributed by atoms with Gasteiger partial charge in [-0.25, -0.2) is 4.98 Å². The van der Waals surface area contributed by atoms with E-state index in [4.69, 9.17) is 4.98 Å². The maximum absolute atomic E-state index is 5.44. The predicted molar refractivity (Wildman–Crippen MR) is 248 cm³/mol. The largest absolute Gasteiger partial charge is 0.309 e. The van der Waals surface area contributed by atoms with Gasteiger partial charge in [0.25, 0.3) is 0 Å². The summed E-state index contributed by atoms with van der Waals surface area (Å²) in [5.41, 5.74) is 13.1. The molecule has 0 radical (unpaired) electrons. The number of aromatic nitrogens is 4. The molecule has 6 heterocycles. The van der Waals surface area contributed by atoms with Gasteiger partial charge in [-0.3, -0.25) is 4.40 Å². The summed E-state index contributed by atoms with van der Waals surface area (Å²) >= 11 is 0. The van der Waals surface area contributed by atoms with Crippen LogP contribution in [0.5, 0.6) is 0 Å². The molecule has 0 unspecified atom stereocenters. The third-order valence-corrected chi connectivity index (χ3v) is 13.5. The molecule has 0 aliphatic heterocycles. The summed E-state index contributed by atoms with van der Waals surface area (Å²) in [6, 6.07) is 65.0. The van der Waals surface area contributed by atoms with E-state index in [0.717, 1.165) is 16.9 Å². The monoisotopic (exact) mass is 746 g/mol. The van der Waals surface area contributed by atoms with Gasteiger partial charge in [-0.15, -0.1) is 0 Å².